The van der Waals surface area contributed by atoms with Gasteiger partial charge in [-0.3, -0.25) is 9.89 Å². The quantitative estimate of drug-likeness (QED) is 0.537. The average molecular weight is 396 g/mol. The summed E-state index contributed by atoms with van der Waals surface area (Å²) in [7, 11) is -3.55. The Morgan fingerprint density at radius 3 is 2.88 bits per heavy atom. The molecule has 2 N–H and O–H groups in total. The van der Waals surface area contributed by atoms with Crippen LogP contribution in [0.15, 0.2) is 46.7 Å². The fourth-order valence-electron chi connectivity index (χ4n) is 2.85. The predicted molar refractivity (Wildman–Crippen MR) is 98.0 cm³/mol. The van der Waals surface area contributed by atoms with Crippen LogP contribution in [-0.2, 0) is 14.8 Å². The van der Waals surface area contributed by atoms with Crippen LogP contribution in [0.2, 0.25) is 0 Å². The molecule has 0 saturated carbocycles. The molecule has 1 aliphatic heterocycles. The van der Waals surface area contributed by atoms with Crippen LogP contribution in [0.5, 0.6) is 0 Å². The second-order valence-corrected chi connectivity index (χ2v) is 8.97. The van der Waals surface area contributed by atoms with Gasteiger partial charge in [0.1, 0.15) is 6.33 Å². The second-order valence-electron chi connectivity index (χ2n) is 5.95. The van der Waals surface area contributed by atoms with Crippen molar-refractivity contribution < 1.29 is 13.2 Å². The molecule has 0 spiro atoms. The van der Waals surface area contributed by atoms with Crippen LogP contribution >= 0.6 is 11.8 Å². The zero-order valence-electron chi connectivity index (χ0n) is 14.2. The lowest BCUT2D eigenvalue weighted by Crippen LogP contribution is -2.45. The van der Waals surface area contributed by atoms with Gasteiger partial charge in [-0.15, -0.1) is 0 Å². The van der Waals surface area contributed by atoms with Crippen LogP contribution in [-0.4, -0.2) is 59.2 Å². The van der Waals surface area contributed by atoms with Gasteiger partial charge in [0.05, 0.1) is 10.8 Å². The molecule has 3 rings (SSSR count). The molecule has 0 bridgehead atoms. The maximum Gasteiger partial charge on any atom is 0.243 e. The van der Waals surface area contributed by atoms with E-state index in [1.165, 1.54) is 22.4 Å². The smallest absolute Gasteiger partial charge is 0.243 e. The highest BCUT2D eigenvalue weighted by molar-refractivity contribution is 7.99. The van der Waals surface area contributed by atoms with E-state index >= 15 is 0 Å². The maximum absolute atomic E-state index is 12.7. The number of aromatic amines is 1. The van der Waals surface area contributed by atoms with Gasteiger partial charge in [-0.2, -0.15) is 9.40 Å². The summed E-state index contributed by atoms with van der Waals surface area (Å²) in [5, 5.41) is 10.1. The van der Waals surface area contributed by atoms with E-state index in [1.54, 1.807) is 30.3 Å². The second kappa shape index (κ2) is 8.65. The van der Waals surface area contributed by atoms with Gasteiger partial charge in [-0.1, -0.05) is 30.0 Å². The molecule has 1 aromatic heterocycles. The number of H-pyrrole nitrogens is 1. The van der Waals surface area contributed by atoms with Crippen LogP contribution < -0.4 is 5.32 Å². The van der Waals surface area contributed by atoms with Gasteiger partial charge in [-0.05, 0) is 25.0 Å². The molecule has 1 unspecified atom stereocenters. The minimum absolute atomic E-state index is 0.101. The van der Waals surface area contributed by atoms with E-state index in [1.807, 2.05) is 0 Å². The van der Waals surface area contributed by atoms with Crippen molar-refractivity contribution in [2.24, 2.45) is 5.92 Å². The molecule has 8 nitrogen and oxygen atoms in total. The molecule has 2 aromatic rings. The van der Waals surface area contributed by atoms with Gasteiger partial charge < -0.3 is 5.32 Å². The molecular formula is C16H21N5O3S2. The fraction of sp³-hybridized carbons (Fsp3) is 0.438. The van der Waals surface area contributed by atoms with Crippen LogP contribution in [0, 0.1) is 5.92 Å². The normalized spacial score (nSPS) is 18.5. The Morgan fingerprint density at radius 1 is 1.35 bits per heavy atom. The first kappa shape index (κ1) is 18.9. The Balaban J connectivity index is 1.52. The number of hydrogen-bond acceptors (Lipinski definition) is 6. The number of hydrogen-bond donors (Lipinski definition) is 2. The van der Waals surface area contributed by atoms with Crippen LogP contribution in [0.25, 0.3) is 0 Å². The molecule has 0 radical (unpaired) electrons. The van der Waals surface area contributed by atoms with Gasteiger partial charge in [0.15, 0.2) is 5.16 Å². The number of nitrogens with one attached hydrogen (secondary N) is 2. The minimum atomic E-state index is -3.55. The van der Waals surface area contributed by atoms with E-state index < -0.39 is 10.0 Å². The SMILES string of the molecule is O=C(NCCSc1ncn[nH]1)C1CCCN(S(=O)(=O)c2ccccc2)C1. The first-order valence-corrected chi connectivity index (χ1v) is 10.8. The number of thioether (sulfide) groups is 1. The van der Waals surface area contributed by atoms with Gasteiger partial charge in [0.2, 0.25) is 15.9 Å². The lowest BCUT2D eigenvalue weighted by atomic mass is 9.99. The third kappa shape index (κ3) is 4.63. The molecule has 10 heteroatoms. The van der Waals surface area contributed by atoms with Crippen molar-refractivity contribution in [3.05, 3.63) is 36.7 Å². The van der Waals surface area contributed by atoms with Crippen molar-refractivity contribution >= 4 is 27.7 Å². The topological polar surface area (TPSA) is 108 Å². The van der Waals surface area contributed by atoms with Crippen molar-refractivity contribution in [1.82, 2.24) is 24.8 Å². The molecule has 1 saturated heterocycles. The van der Waals surface area contributed by atoms with E-state index in [0.717, 1.165) is 0 Å². The summed E-state index contributed by atoms with van der Waals surface area (Å²) < 4.78 is 26.9. The molecule has 26 heavy (non-hydrogen) atoms. The Hall–Kier alpha value is -1.91. The van der Waals surface area contributed by atoms with E-state index in [4.69, 9.17) is 0 Å². The highest BCUT2D eigenvalue weighted by Crippen LogP contribution is 2.23. The lowest BCUT2D eigenvalue weighted by molar-refractivity contribution is -0.125. The molecule has 1 amide bonds. The lowest BCUT2D eigenvalue weighted by Gasteiger charge is -2.31. The predicted octanol–water partition coefficient (Wildman–Crippen LogP) is 1.11. The molecule has 1 fully saturated rings. The minimum Gasteiger partial charge on any atom is -0.355 e. The Bertz CT molecular complexity index is 812. The molecule has 0 aliphatic carbocycles. The van der Waals surface area contributed by atoms with Crippen LogP contribution in [0.1, 0.15) is 12.8 Å². The van der Waals surface area contributed by atoms with E-state index in [0.29, 0.717) is 36.8 Å². The Labute approximate surface area is 156 Å². The number of sulfonamides is 1. The van der Waals surface area contributed by atoms with E-state index in [-0.39, 0.29) is 23.3 Å². The summed E-state index contributed by atoms with van der Waals surface area (Å²) in [5.74, 6) is 0.244. The molecule has 1 aromatic carbocycles. The largest absolute Gasteiger partial charge is 0.355 e. The molecular weight excluding hydrogens is 374 g/mol. The Kier molecular flexibility index (Phi) is 6.28. The van der Waals surface area contributed by atoms with Gasteiger partial charge in [0, 0.05) is 25.4 Å². The van der Waals surface area contributed by atoms with Crippen molar-refractivity contribution in [3.8, 4) is 0 Å². The highest BCUT2D eigenvalue weighted by atomic mass is 32.2. The van der Waals surface area contributed by atoms with Crippen molar-refractivity contribution in [2.45, 2.75) is 22.9 Å². The monoisotopic (exact) mass is 395 g/mol. The van der Waals surface area contributed by atoms with Crippen molar-refractivity contribution in [2.75, 3.05) is 25.4 Å². The maximum atomic E-state index is 12.7. The molecule has 1 aliphatic rings. The number of carbonyl (C=O) groups is 1. The summed E-state index contributed by atoms with van der Waals surface area (Å²) in [6.07, 6.45) is 2.81. The third-order valence-electron chi connectivity index (χ3n) is 4.17. The Morgan fingerprint density at radius 2 is 2.15 bits per heavy atom. The standard InChI is InChI=1S/C16H21N5O3S2/c22-15(17-8-10-25-16-18-12-19-20-16)13-5-4-9-21(11-13)26(23,24)14-6-2-1-3-7-14/h1-3,6-7,12-13H,4-5,8-11H2,(H,17,22)(H,18,19,20). The summed E-state index contributed by atoms with van der Waals surface area (Å²) >= 11 is 1.47. The zero-order valence-corrected chi connectivity index (χ0v) is 15.8. The summed E-state index contributed by atoms with van der Waals surface area (Å²) in [4.78, 5) is 16.7. The first-order chi connectivity index (χ1) is 12.6. The fourth-order valence-corrected chi connectivity index (χ4v) is 5.03. The zero-order chi connectivity index (χ0) is 18.4. The van der Waals surface area contributed by atoms with Crippen molar-refractivity contribution in [1.29, 1.82) is 0 Å². The van der Waals surface area contributed by atoms with E-state index in [2.05, 4.69) is 20.5 Å². The summed E-state index contributed by atoms with van der Waals surface area (Å²) in [5.41, 5.74) is 0. The highest BCUT2D eigenvalue weighted by Gasteiger charge is 2.33. The third-order valence-corrected chi connectivity index (χ3v) is 6.93. The average Bonchev–Trinajstić information content (AvgIpc) is 3.19. The number of piperidine rings is 1. The van der Waals surface area contributed by atoms with Crippen molar-refractivity contribution in [3.63, 3.8) is 0 Å². The van der Waals surface area contributed by atoms with Gasteiger partial charge in [0.25, 0.3) is 0 Å². The number of aromatic nitrogens is 3. The number of rotatable bonds is 7. The van der Waals surface area contributed by atoms with Gasteiger partial charge in [-0.25, -0.2) is 13.4 Å². The summed E-state index contributed by atoms with van der Waals surface area (Å²) in [6, 6.07) is 8.35. The number of nitrogens with zero attached hydrogens (tertiary/aromatic N) is 3. The van der Waals surface area contributed by atoms with E-state index in [9.17, 15) is 13.2 Å². The first-order valence-electron chi connectivity index (χ1n) is 8.38. The van der Waals surface area contributed by atoms with Crippen LogP contribution in [0.4, 0.5) is 0 Å². The summed E-state index contributed by atoms with van der Waals surface area (Å²) in [6.45, 7) is 1.16. The number of carbonyl (C=O) groups excluding carboxylic acids is 1. The molecule has 2 heterocycles. The van der Waals surface area contributed by atoms with Gasteiger partial charge >= 0.3 is 0 Å². The number of benzene rings is 1. The van der Waals surface area contributed by atoms with Crippen LogP contribution in [0.3, 0.4) is 0 Å². The molecule has 1 atom stereocenters. The molecule has 140 valence electrons. The number of amides is 1.